The summed E-state index contributed by atoms with van der Waals surface area (Å²) < 4.78 is 5.05. The molecule has 100 valence electrons. The molecule has 0 spiro atoms. The summed E-state index contributed by atoms with van der Waals surface area (Å²) in [6, 6.07) is 10.7. The predicted molar refractivity (Wildman–Crippen MR) is 74.8 cm³/mol. The average Bonchev–Trinajstić information content (AvgIpc) is 2.41. The molecule has 0 bridgehead atoms. The molecule has 0 radical (unpaired) electrons. The van der Waals surface area contributed by atoms with E-state index in [4.69, 9.17) is 4.74 Å². The molecule has 2 aromatic rings. The molecule has 19 heavy (non-hydrogen) atoms. The molecule has 0 fully saturated rings. The minimum Gasteiger partial charge on any atom is -0.508 e. The number of rotatable bonds is 4. The van der Waals surface area contributed by atoms with Crippen LogP contribution in [0.15, 0.2) is 36.4 Å². The molecular formula is C15H17NO3. The van der Waals surface area contributed by atoms with Crippen molar-refractivity contribution >= 4 is 5.69 Å². The topological polar surface area (TPSA) is 61.7 Å². The summed E-state index contributed by atoms with van der Waals surface area (Å²) in [6.07, 6.45) is 0. The number of aryl methyl sites for hydroxylation is 1. The number of hydrogen-bond acceptors (Lipinski definition) is 4. The summed E-state index contributed by atoms with van der Waals surface area (Å²) >= 11 is 0. The van der Waals surface area contributed by atoms with Gasteiger partial charge in [0.2, 0.25) is 0 Å². The number of ether oxygens (including phenoxy) is 1. The number of methoxy groups -OCH3 is 1. The zero-order valence-corrected chi connectivity index (χ0v) is 11.0. The SMILES string of the molecule is COc1cccc(CNc2ccc(C)c(O)c2)c1O. The number of aromatic hydroxyl groups is 2. The average molecular weight is 259 g/mol. The van der Waals surface area contributed by atoms with Crippen molar-refractivity contribution in [3.05, 3.63) is 47.5 Å². The quantitative estimate of drug-likeness (QED) is 0.789. The zero-order chi connectivity index (χ0) is 13.8. The van der Waals surface area contributed by atoms with Gasteiger partial charge < -0.3 is 20.3 Å². The third-order valence-electron chi connectivity index (χ3n) is 2.99. The van der Waals surface area contributed by atoms with Crippen molar-refractivity contribution in [2.75, 3.05) is 12.4 Å². The van der Waals surface area contributed by atoms with Gasteiger partial charge in [-0.1, -0.05) is 18.2 Å². The molecule has 0 atom stereocenters. The Bertz CT molecular complexity index is 582. The van der Waals surface area contributed by atoms with Crippen molar-refractivity contribution in [1.29, 1.82) is 0 Å². The van der Waals surface area contributed by atoms with Gasteiger partial charge in [-0.05, 0) is 24.6 Å². The lowest BCUT2D eigenvalue weighted by Crippen LogP contribution is -2.00. The number of benzene rings is 2. The fraction of sp³-hybridized carbons (Fsp3) is 0.200. The van der Waals surface area contributed by atoms with Gasteiger partial charge in [0.25, 0.3) is 0 Å². The van der Waals surface area contributed by atoms with E-state index in [1.807, 2.05) is 31.2 Å². The lowest BCUT2D eigenvalue weighted by Gasteiger charge is -2.11. The highest BCUT2D eigenvalue weighted by molar-refractivity contribution is 5.53. The highest BCUT2D eigenvalue weighted by Crippen LogP contribution is 2.30. The number of phenolic OH excluding ortho intramolecular Hbond substituents is 2. The molecule has 0 saturated heterocycles. The van der Waals surface area contributed by atoms with E-state index >= 15 is 0 Å². The molecule has 0 unspecified atom stereocenters. The van der Waals surface area contributed by atoms with Crippen LogP contribution < -0.4 is 10.1 Å². The fourth-order valence-corrected chi connectivity index (χ4v) is 1.79. The molecule has 0 heterocycles. The van der Waals surface area contributed by atoms with Crippen molar-refractivity contribution in [2.24, 2.45) is 0 Å². The highest BCUT2D eigenvalue weighted by Gasteiger charge is 2.07. The Balaban J connectivity index is 2.12. The van der Waals surface area contributed by atoms with Crippen LogP contribution in [0.1, 0.15) is 11.1 Å². The van der Waals surface area contributed by atoms with E-state index in [2.05, 4.69) is 5.32 Å². The van der Waals surface area contributed by atoms with Gasteiger partial charge in [-0.15, -0.1) is 0 Å². The van der Waals surface area contributed by atoms with Crippen LogP contribution in [0.25, 0.3) is 0 Å². The standard InChI is InChI=1S/C15H17NO3/c1-10-6-7-12(8-13(10)17)16-9-11-4-3-5-14(19-2)15(11)18/h3-8,16-18H,9H2,1-2H3. The summed E-state index contributed by atoms with van der Waals surface area (Å²) in [6.45, 7) is 2.29. The van der Waals surface area contributed by atoms with Gasteiger partial charge in [0.15, 0.2) is 11.5 Å². The Morgan fingerprint density at radius 3 is 2.63 bits per heavy atom. The second kappa shape index (κ2) is 5.52. The molecule has 4 heteroatoms. The minimum absolute atomic E-state index is 0.133. The summed E-state index contributed by atoms with van der Waals surface area (Å²) in [5.41, 5.74) is 2.36. The Hall–Kier alpha value is -2.36. The number of hydrogen-bond donors (Lipinski definition) is 3. The van der Waals surface area contributed by atoms with E-state index in [9.17, 15) is 10.2 Å². The van der Waals surface area contributed by atoms with Gasteiger partial charge in [0.05, 0.1) is 7.11 Å². The van der Waals surface area contributed by atoms with Crippen LogP contribution >= 0.6 is 0 Å². The first-order valence-electron chi connectivity index (χ1n) is 6.00. The monoisotopic (exact) mass is 259 g/mol. The first-order valence-corrected chi connectivity index (χ1v) is 6.00. The van der Waals surface area contributed by atoms with Gasteiger partial charge in [-0.25, -0.2) is 0 Å². The van der Waals surface area contributed by atoms with Gasteiger partial charge >= 0.3 is 0 Å². The van der Waals surface area contributed by atoms with Gasteiger partial charge in [-0.3, -0.25) is 0 Å². The second-order valence-corrected chi connectivity index (χ2v) is 4.32. The summed E-state index contributed by atoms with van der Waals surface area (Å²) in [5, 5.41) is 22.7. The fourth-order valence-electron chi connectivity index (χ4n) is 1.79. The molecule has 0 aliphatic carbocycles. The summed E-state index contributed by atoms with van der Waals surface area (Å²) in [4.78, 5) is 0. The van der Waals surface area contributed by atoms with E-state index in [0.29, 0.717) is 12.3 Å². The van der Waals surface area contributed by atoms with E-state index < -0.39 is 0 Å². The smallest absolute Gasteiger partial charge is 0.162 e. The number of phenols is 2. The zero-order valence-electron chi connectivity index (χ0n) is 11.0. The lowest BCUT2D eigenvalue weighted by atomic mass is 10.1. The largest absolute Gasteiger partial charge is 0.508 e. The molecule has 2 aromatic carbocycles. The molecule has 3 N–H and O–H groups in total. The maximum atomic E-state index is 9.95. The second-order valence-electron chi connectivity index (χ2n) is 4.32. The normalized spacial score (nSPS) is 10.2. The van der Waals surface area contributed by atoms with Gasteiger partial charge in [0.1, 0.15) is 5.75 Å². The predicted octanol–water partition coefficient (Wildman–Crippen LogP) is 3.03. The van der Waals surface area contributed by atoms with Gasteiger partial charge in [-0.2, -0.15) is 0 Å². The Morgan fingerprint density at radius 2 is 1.95 bits per heavy atom. The van der Waals surface area contributed by atoms with Crippen LogP contribution in [0.2, 0.25) is 0 Å². The van der Waals surface area contributed by atoms with E-state index in [0.717, 1.165) is 16.8 Å². The van der Waals surface area contributed by atoms with E-state index in [1.165, 1.54) is 7.11 Å². The van der Waals surface area contributed by atoms with Crippen LogP contribution in [0.3, 0.4) is 0 Å². The first kappa shape index (κ1) is 13.1. The summed E-state index contributed by atoms with van der Waals surface area (Å²) in [7, 11) is 1.52. The molecule has 0 aliphatic heterocycles. The van der Waals surface area contributed by atoms with E-state index in [-0.39, 0.29) is 11.5 Å². The molecule has 0 aliphatic rings. The highest BCUT2D eigenvalue weighted by atomic mass is 16.5. The molecule has 4 nitrogen and oxygen atoms in total. The van der Waals surface area contributed by atoms with Crippen LogP contribution in [0.4, 0.5) is 5.69 Å². The van der Waals surface area contributed by atoms with Crippen molar-refractivity contribution in [3.63, 3.8) is 0 Å². The molecule has 2 rings (SSSR count). The number of anilines is 1. The number of nitrogens with one attached hydrogen (secondary N) is 1. The minimum atomic E-state index is 0.133. The van der Waals surface area contributed by atoms with Crippen molar-refractivity contribution in [1.82, 2.24) is 0 Å². The molecular weight excluding hydrogens is 242 g/mol. The Morgan fingerprint density at radius 1 is 1.16 bits per heavy atom. The third-order valence-corrected chi connectivity index (χ3v) is 2.99. The van der Waals surface area contributed by atoms with E-state index in [1.54, 1.807) is 12.1 Å². The lowest BCUT2D eigenvalue weighted by molar-refractivity contribution is 0.371. The van der Waals surface area contributed by atoms with Crippen molar-refractivity contribution < 1.29 is 14.9 Å². The van der Waals surface area contributed by atoms with Gasteiger partial charge in [0, 0.05) is 23.9 Å². The third kappa shape index (κ3) is 2.91. The van der Waals surface area contributed by atoms with Crippen molar-refractivity contribution in [3.8, 4) is 17.2 Å². The van der Waals surface area contributed by atoms with Crippen LogP contribution in [0.5, 0.6) is 17.2 Å². The van der Waals surface area contributed by atoms with Crippen molar-refractivity contribution in [2.45, 2.75) is 13.5 Å². The molecule has 0 saturated carbocycles. The molecule has 0 amide bonds. The maximum Gasteiger partial charge on any atom is 0.162 e. The Labute approximate surface area is 112 Å². The number of para-hydroxylation sites is 1. The molecule has 0 aromatic heterocycles. The first-order chi connectivity index (χ1) is 9.11. The maximum absolute atomic E-state index is 9.95. The van der Waals surface area contributed by atoms with Crippen LogP contribution in [-0.4, -0.2) is 17.3 Å². The van der Waals surface area contributed by atoms with Crippen LogP contribution in [0, 0.1) is 6.92 Å². The Kier molecular flexibility index (Phi) is 3.80. The van der Waals surface area contributed by atoms with Crippen LogP contribution in [-0.2, 0) is 6.54 Å². The summed E-state index contributed by atoms with van der Waals surface area (Å²) in [5.74, 6) is 0.833.